The van der Waals surface area contributed by atoms with Crippen LogP contribution >= 0.6 is 0 Å². The highest BCUT2D eigenvalue weighted by molar-refractivity contribution is 5.82. The Morgan fingerprint density at radius 1 is 1.26 bits per heavy atom. The molecule has 3 heterocycles. The van der Waals surface area contributed by atoms with E-state index < -0.39 is 0 Å². The molecule has 184 valence electrons. The molecule has 1 aliphatic heterocycles. The van der Waals surface area contributed by atoms with Crippen molar-refractivity contribution in [2.45, 2.75) is 91.5 Å². The van der Waals surface area contributed by atoms with Crippen LogP contribution in [0.4, 0.5) is 0 Å². The maximum absolute atomic E-state index is 13.2. The summed E-state index contributed by atoms with van der Waals surface area (Å²) in [5, 5.41) is 13.9. The second kappa shape index (κ2) is 9.96. The zero-order valence-corrected chi connectivity index (χ0v) is 21.4. The fraction of sp³-hybridized carbons (Fsp3) is 0.615. The van der Waals surface area contributed by atoms with Crippen molar-refractivity contribution in [2.24, 2.45) is 0 Å². The summed E-state index contributed by atoms with van der Waals surface area (Å²) in [6.45, 7) is 14.8. The first-order chi connectivity index (χ1) is 16.2. The number of pyridine rings is 1. The number of H-pyrrole nitrogens is 1. The van der Waals surface area contributed by atoms with E-state index in [1.54, 1.807) is 0 Å². The van der Waals surface area contributed by atoms with E-state index in [9.17, 15) is 4.79 Å². The summed E-state index contributed by atoms with van der Waals surface area (Å²) in [5.41, 5.74) is 3.69. The fourth-order valence-electron chi connectivity index (χ4n) is 5.01. The standard InChI is InChI=1S/C26H38N6O2/c1-7-22(24-28-29-30-32(24)26(5,6)8-2)31(16-21-10-9-11-34-21)15-20-14-19-13-17(3)12-18(4)23(19)27-25(20)33/h12-14,21-22H,7-11,15-16H2,1-6H3,(H,27,33). The van der Waals surface area contributed by atoms with Crippen molar-refractivity contribution < 1.29 is 4.74 Å². The molecular weight excluding hydrogens is 428 g/mol. The van der Waals surface area contributed by atoms with Crippen LogP contribution in [0.15, 0.2) is 23.0 Å². The monoisotopic (exact) mass is 466 g/mol. The highest BCUT2D eigenvalue weighted by atomic mass is 16.5. The van der Waals surface area contributed by atoms with E-state index in [4.69, 9.17) is 4.74 Å². The number of aryl methyl sites for hydroxylation is 2. The summed E-state index contributed by atoms with van der Waals surface area (Å²) < 4.78 is 7.96. The Kier molecular flexibility index (Phi) is 7.19. The fourth-order valence-corrected chi connectivity index (χ4v) is 5.01. The molecule has 2 atom stereocenters. The number of nitrogens with zero attached hydrogens (tertiary/aromatic N) is 5. The van der Waals surface area contributed by atoms with Crippen LogP contribution in [0.5, 0.6) is 0 Å². The Morgan fingerprint density at radius 2 is 2.06 bits per heavy atom. The molecule has 1 fully saturated rings. The molecule has 8 heteroatoms. The zero-order valence-electron chi connectivity index (χ0n) is 21.4. The quantitative estimate of drug-likeness (QED) is 0.503. The Labute approximate surface area is 201 Å². The molecule has 0 radical (unpaired) electrons. The van der Waals surface area contributed by atoms with Gasteiger partial charge in [0.2, 0.25) is 0 Å². The van der Waals surface area contributed by atoms with Crippen molar-refractivity contribution >= 4 is 10.9 Å². The van der Waals surface area contributed by atoms with Gasteiger partial charge in [0.25, 0.3) is 5.56 Å². The summed E-state index contributed by atoms with van der Waals surface area (Å²) in [5.74, 6) is 0.844. The van der Waals surface area contributed by atoms with Crippen molar-refractivity contribution in [3.05, 3.63) is 51.1 Å². The van der Waals surface area contributed by atoms with Gasteiger partial charge < -0.3 is 9.72 Å². The smallest absolute Gasteiger partial charge is 0.252 e. The predicted octanol–water partition coefficient (Wildman–Crippen LogP) is 4.41. The normalized spacial score (nSPS) is 17.7. The van der Waals surface area contributed by atoms with Crippen molar-refractivity contribution in [3.8, 4) is 0 Å². The highest BCUT2D eigenvalue weighted by Crippen LogP contribution is 2.30. The second-order valence-electron chi connectivity index (χ2n) is 10.3. The molecule has 4 rings (SSSR count). The molecule has 1 N–H and O–H groups in total. The molecule has 1 aliphatic rings. The topological polar surface area (TPSA) is 88.9 Å². The van der Waals surface area contributed by atoms with Gasteiger partial charge in [-0.1, -0.05) is 25.5 Å². The van der Waals surface area contributed by atoms with Gasteiger partial charge in [-0.15, -0.1) is 5.10 Å². The van der Waals surface area contributed by atoms with Crippen molar-refractivity contribution in [1.82, 2.24) is 30.1 Å². The number of aromatic amines is 1. The van der Waals surface area contributed by atoms with Crippen LogP contribution < -0.4 is 5.56 Å². The van der Waals surface area contributed by atoms with Gasteiger partial charge in [-0.3, -0.25) is 9.69 Å². The van der Waals surface area contributed by atoms with Crippen LogP contribution in [-0.4, -0.2) is 49.3 Å². The average Bonchev–Trinajstić information content (AvgIpc) is 3.48. The lowest BCUT2D eigenvalue weighted by molar-refractivity contribution is 0.0475. The van der Waals surface area contributed by atoms with E-state index in [0.29, 0.717) is 6.54 Å². The highest BCUT2D eigenvalue weighted by Gasteiger charge is 2.32. The number of hydrogen-bond acceptors (Lipinski definition) is 6. The van der Waals surface area contributed by atoms with Gasteiger partial charge in [-0.25, -0.2) is 4.68 Å². The number of benzene rings is 1. The molecular formula is C26H38N6O2. The summed E-state index contributed by atoms with van der Waals surface area (Å²) >= 11 is 0. The lowest BCUT2D eigenvalue weighted by Crippen LogP contribution is -2.39. The minimum absolute atomic E-state index is 0.0284. The molecule has 0 saturated carbocycles. The van der Waals surface area contributed by atoms with Crippen LogP contribution in [-0.2, 0) is 16.8 Å². The largest absolute Gasteiger partial charge is 0.377 e. The van der Waals surface area contributed by atoms with E-state index in [1.807, 2.05) is 17.7 Å². The van der Waals surface area contributed by atoms with Crippen LogP contribution in [0.1, 0.15) is 81.9 Å². The Balaban J connectivity index is 1.74. The number of ether oxygens (including phenoxy) is 1. The van der Waals surface area contributed by atoms with Crippen LogP contribution in [0, 0.1) is 13.8 Å². The minimum Gasteiger partial charge on any atom is -0.377 e. The molecule has 3 aromatic rings. The van der Waals surface area contributed by atoms with Gasteiger partial charge in [0.1, 0.15) is 0 Å². The van der Waals surface area contributed by atoms with Gasteiger partial charge in [0, 0.05) is 25.3 Å². The minimum atomic E-state index is -0.197. The molecule has 0 bridgehead atoms. The number of aromatic nitrogens is 5. The Morgan fingerprint density at radius 3 is 2.74 bits per heavy atom. The summed E-state index contributed by atoms with van der Waals surface area (Å²) in [6.07, 6.45) is 4.00. The van der Waals surface area contributed by atoms with E-state index in [-0.39, 0.29) is 23.2 Å². The first-order valence-electron chi connectivity index (χ1n) is 12.5. The van der Waals surface area contributed by atoms with Gasteiger partial charge in [-0.2, -0.15) is 0 Å². The molecule has 1 saturated heterocycles. The molecule has 2 aromatic heterocycles. The van der Waals surface area contributed by atoms with Crippen LogP contribution in [0.25, 0.3) is 10.9 Å². The molecule has 2 unspecified atom stereocenters. The third-order valence-electron chi connectivity index (χ3n) is 7.26. The maximum atomic E-state index is 13.2. The molecule has 0 spiro atoms. The number of rotatable bonds is 9. The number of hydrogen-bond donors (Lipinski definition) is 1. The lowest BCUT2D eigenvalue weighted by Gasteiger charge is -2.34. The average molecular weight is 467 g/mol. The maximum Gasteiger partial charge on any atom is 0.252 e. The van der Waals surface area contributed by atoms with Gasteiger partial charge in [0.05, 0.1) is 23.2 Å². The van der Waals surface area contributed by atoms with Crippen molar-refractivity contribution in [3.63, 3.8) is 0 Å². The van der Waals surface area contributed by atoms with Crippen LogP contribution in [0.3, 0.4) is 0 Å². The number of tetrazole rings is 1. The number of nitrogens with one attached hydrogen (secondary N) is 1. The molecule has 1 aromatic carbocycles. The second-order valence-corrected chi connectivity index (χ2v) is 10.3. The first kappa shape index (κ1) is 24.5. The predicted molar refractivity (Wildman–Crippen MR) is 134 cm³/mol. The molecule has 0 aliphatic carbocycles. The summed E-state index contributed by atoms with van der Waals surface area (Å²) in [4.78, 5) is 18.6. The molecule has 34 heavy (non-hydrogen) atoms. The van der Waals surface area contributed by atoms with Gasteiger partial charge >= 0.3 is 0 Å². The molecule has 8 nitrogen and oxygen atoms in total. The van der Waals surface area contributed by atoms with E-state index in [2.05, 4.69) is 72.2 Å². The van der Waals surface area contributed by atoms with Crippen LogP contribution in [0.2, 0.25) is 0 Å². The third kappa shape index (κ3) is 4.93. The Bertz CT molecular complexity index is 1190. The van der Waals surface area contributed by atoms with Crippen molar-refractivity contribution in [2.75, 3.05) is 13.2 Å². The first-order valence-corrected chi connectivity index (χ1v) is 12.5. The molecule has 0 amide bonds. The summed E-state index contributed by atoms with van der Waals surface area (Å²) in [7, 11) is 0. The Hall–Kier alpha value is -2.58. The van der Waals surface area contributed by atoms with E-state index in [0.717, 1.165) is 66.7 Å². The van der Waals surface area contributed by atoms with Gasteiger partial charge in [0.15, 0.2) is 5.82 Å². The third-order valence-corrected chi connectivity index (χ3v) is 7.26. The summed E-state index contributed by atoms with van der Waals surface area (Å²) in [6, 6.07) is 6.25. The SMILES string of the molecule is CCC(c1nnnn1C(C)(C)CC)N(Cc1cc2cc(C)cc(C)c2[nH]c1=O)CC1CCCO1. The zero-order chi connectivity index (χ0) is 24.5. The van der Waals surface area contributed by atoms with E-state index in [1.165, 1.54) is 5.56 Å². The van der Waals surface area contributed by atoms with E-state index >= 15 is 0 Å². The van der Waals surface area contributed by atoms with Gasteiger partial charge in [-0.05, 0) is 86.9 Å². The van der Waals surface area contributed by atoms with Crippen molar-refractivity contribution in [1.29, 1.82) is 0 Å². The lowest BCUT2D eigenvalue weighted by atomic mass is 10.0. The number of fused-ring (bicyclic) bond motifs is 1.